The number of nitrogens with one attached hydrogen (secondary N) is 1. The van der Waals surface area contributed by atoms with E-state index in [9.17, 15) is 9.59 Å². The summed E-state index contributed by atoms with van der Waals surface area (Å²) in [5.41, 5.74) is 0.739. The van der Waals surface area contributed by atoms with Crippen molar-refractivity contribution in [2.24, 2.45) is 0 Å². The number of anilines is 1. The minimum Gasteiger partial charge on any atom is -0.497 e. The number of piperidine rings is 1. The summed E-state index contributed by atoms with van der Waals surface area (Å²) in [5, 5.41) is 11.7. The molecule has 28 heavy (non-hydrogen) atoms. The van der Waals surface area contributed by atoms with Crippen molar-refractivity contribution in [2.45, 2.75) is 44.6 Å². The number of methoxy groups -OCH3 is 1. The second-order valence-corrected chi connectivity index (χ2v) is 7.40. The Labute approximate surface area is 163 Å². The van der Waals surface area contributed by atoms with Gasteiger partial charge in [-0.05, 0) is 43.5 Å². The maximum Gasteiger partial charge on any atom is 0.247 e. The lowest BCUT2D eigenvalue weighted by Crippen LogP contribution is -2.37. The zero-order valence-corrected chi connectivity index (χ0v) is 16.2. The third-order valence-corrected chi connectivity index (χ3v) is 5.71. The lowest BCUT2D eigenvalue weighted by molar-refractivity contribution is -0.129. The van der Waals surface area contributed by atoms with E-state index in [-0.39, 0.29) is 23.8 Å². The summed E-state index contributed by atoms with van der Waals surface area (Å²) < 4.78 is 7.18. The highest BCUT2D eigenvalue weighted by Crippen LogP contribution is 2.34. The van der Waals surface area contributed by atoms with Crippen molar-refractivity contribution >= 4 is 17.5 Å². The van der Waals surface area contributed by atoms with Gasteiger partial charge in [-0.25, -0.2) is 0 Å². The maximum absolute atomic E-state index is 12.9. The molecule has 0 radical (unpaired) electrons. The Hall–Kier alpha value is -2.90. The first-order valence-electron chi connectivity index (χ1n) is 9.71. The van der Waals surface area contributed by atoms with Crippen molar-refractivity contribution in [1.82, 2.24) is 19.7 Å². The van der Waals surface area contributed by atoms with Crippen LogP contribution in [0.3, 0.4) is 0 Å². The normalized spacial score (nSPS) is 19.4. The van der Waals surface area contributed by atoms with Crippen LogP contribution in [-0.2, 0) is 16.0 Å². The number of amides is 2. The van der Waals surface area contributed by atoms with Crippen LogP contribution in [0, 0.1) is 0 Å². The van der Waals surface area contributed by atoms with Gasteiger partial charge in [-0.3, -0.25) is 9.59 Å². The summed E-state index contributed by atoms with van der Waals surface area (Å²) in [6.45, 7) is 3.06. The fraction of sp³-hybridized carbons (Fsp3) is 0.500. The van der Waals surface area contributed by atoms with E-state index < -0.39 is 0 Å². The van der Waals surface area contributed by atoms with E-state index >= 15 is 0 Å². The lowest BCUT2D eigenvalue weighted by Gasteiger charge is -2.31. The number of aryl methyl sites for hydroxylation is 1. The molecule has 1 unspecified atom stereocenters. The predicted octanol–water partition coefficient (Wildman–Crippen LogP) is 2.14. The molecule has 1 fully saturated rings. The number of fused-ring (bicyclic) bond motifs is 1. The van der Waals surface area contributed by atoms with Gasteiger partial charge in [-0.1, -0.05) is 0 Å². The van der Waals surface area contributed by atoms with Gasteiger partial charge in [0.2, 0.25) is 11.8 Å². The van der Waals surface area contributed by atoms with Gasteiger partial charge in [0.25, 0.3) is 0 Å². The number of carbonyl (C=O) groups is 2. The molecule has 2 amide bonds. The second kappa shape index (κ2) is 7.61. The van der Waals surface area contributed by atoms with E-state index in [0.29, 0.717) is 0 Å². The minimum atomic E-state index is -0.298. The molecule has 1 saturated heterocycles. The number of hydrogen-bond donors (Lipinski definition) is 1. The molecular formula is C20H25N5O3. The summed E-state index contributed by atoms with van der Waals surface area (Å²) >= 11 is 0. The Morgan fingerprint density at radius 2 is 1.82 bits per heavy atom. The fourth-order valence-electron chi connectivity index (χ4n) is 4.12. The van der Waals surface area contributed by atoms with Crippen molar-refractivity contribution in [1.29, 1.82) is 0 Å². The molecule has 1 aromatic heterocycles. The number of aromatic nitrogens is 3. The zero-order chi connectivity index (χ0) is 19.7. The van der Waals surface area contributed by atoms with Gasteiger partial charge in [0.05, 0.1) is 7.11 Å². The third-order valence-electron chi connectivity index (χ3n) is 5.71. The molecule has 1 atom stereocenters. The Morgan fingerprint density at radius 3 is 2.46 bits per heavy atom. The van der Waals surface area contributed by atoms with Crippen LogP contribution in [-0.4, -0.2) is 51.7 Å². The molecule has 1 N–H and O–H groups in total. The summed E-state index contributed by atoms with van der Waals surface area (Å²) in [6, 6.07) is 7.01. The van der Waals surface area contributed by atoms with Crippen molar-refractivity contribution in [3.63, 3.8) is 0 Å². The van der Waals surface area contributed by atoms with Crippen LogP contribution in [0.2, 0.25) is 0 Å². The number of carbonyl (C=O) groups excluding carboxylic acids is 2. The van der Waals surface area contributed by atoms with Crippen LogP contribution in [0.4, 0.5) is 5.69 Å². The Morgan fingerprint density at radius 1 is 1.11 bits per heavy atom. The van der Waals surface area contributed by atoms with Crippen molar-refractivity contribution < 1.29 is 14.3 Å². The molecule has 148 valence electrons. The van der Waals surface area contributed by atoms with Crippen LogP contribution in [0.5, 0.6) is 5.75 Å². The first-order valence-corrected chi connectivity index (χ1v) is 9.71. The van der Waals surface area contributed by atoms with Crippen LogP contribution in [0.15, 0.2) is 24.3 Å². The molecule has 8 heteroatoms. The van der Waals surface area contributed by atoms with E-state index in [4.69, 9.17) is 4.74 Å². The molecule has 2 aliphatic heterocycles. The number of rotatable bonds is 4. The Kier molecular flexibility index (Phi) is 5.02. The minimum absolute atomic E-state index is 0.0499. The van der Waals surface area contributed by atoms with Crippen LogP contribution in [0.25, 0.3) is 0 Å². The number of benzene rings is 1. The van der Waals surface area contributed by atoms with Crippen LogP contribution < -0.4 is 10.1 Å². The van der Waals surface area contributed by atoms with Gasteiger partial charge in [0.1, 0.15) is 23.4 Å². The van der Waals surface area contributed by atoms with Gasteiger partial charge in [0.15, 0.2) is 0 Å². The standard InChI is InChI=1S/C20H25N5O3/c1-13(26)24-11-9-14(10-12-24)19-23-22-18-8-7-17(25(18)19)20(27)21-15-3-5-16(28-2)6-4-15/h3-6,14,17H,7-12H2,1-2H3,(H,21,27). The predicted molar refractivity (Wildman–Crippen MR) is 103 cm³/mol. The van der Waals surface area contributed by atoms with Gasteiger partial charge in [0, 0.05) is 38.0 Å². The summed E-state index contributed by atoms with van der Waals surface area (Å²) in [6.07, 6.45) is 3.18. The largest absolute Gasteiger partial charge is 0.497 e. The highest BCUT2D eigenvalue weighted by atomic mass is 16.5. The van der Waals surface area contributed by atoms with E-state index in [1.165, 1.54) is 0 Å². The van der Waals surface area contributed by atoms with E-state index in [1.54, 1.807) is 14.0 Å². The van der Waals surface area contributed by atoms with E-state index in [2.05, 4.69) is 15.5 Å². The third kappa shape index (κ3) is 3.46. The second-order valence-electron chi connectivity index (χ2n) is 7.40. The lowest BCUT2D eigenvalue weighted by atomic mass is 9.95. The zero-order valence-electron chi connectivity index (χ0n) is 16.2. The van der Waals surface area contributed by atoms with Crippen LogP contribution >= 0.6 is 0 Å². The van der Waals surface area contributed by atoms with Gasteiger partial charge >= 0.3 is 0 Å². The highest BCUT2D eigenvalue weighted by molar-refractivity contribution is 5.94. The van der Waals surface area contributed by atoms with Crippen molar-refractivity contribution in [3.05, 3.63) is 35.9 Å². The SMILES string of the molecule is COc1ccc(NC(=O)C2CCc3nnc(C4CCN(C(C)=O)CC4)n32)cc1. The highest BCUT2D eigenvalue weighted by Gasteiger charge is 2.35. The molecule has 2 aliphatic rings. The molecule has 0 saturated carbocycles. The summed E-state index contributed by atoms with van der Waals surface area (Å²) in [4.78, 5) is 26.4. The molecule has 8 nitrogen and oxygen atoms in total. The molecule has 2 aromatic rings. The summed E-state index contributed by atoms with van der Waals surface area (Å²) in [5.74, 6) is 2.79. The maximum atomic E-state index is 12.9. The molecule has 1 aromatic carbocycles. The number of nitrogens with zero attached hydrogens (tertiary/aromatic N) is 4. The number of hydrogen-bond acceptors (Lipinski definition) is 5. The quantitative estimate of drug-likeness (QED) is 0.874. The Balaban J connectivity index is 1.48. The monoisotopic (exact) mass is 383 g/mol. The average Bonchev–Trinajstić information content (AvgIpc) is 3.31. The van der Waals surface area contributed by atoms with E-state index in [0.717, 1.165) is 61.9 Å². The number of ether oxygens (including phenoxy) is 1. The topological polar surface area (TPSA) is 89.3 Å². The van der Waals surface area contributed by atoms with E-state index in [1.807, 2.05) is 33.7 Å². The molecule has 0 bridgehead atoms. The molecule has 4 rings (SSSR count). The van der Waals surface area contributed by atoms with Crippen LogP contribution in [0.1, 0.15) is 49.8 Å². The first-order chi connectivity index (χ1) is 13.6. The van der Waals surface area contributed by atoms with Gasteiger partial charge in [-0.15, -0.1) is 10.2 Å². The first kappa shape index (κ1) is 18.5. The fourth-order valence-corrected chi connectivity index (χ4v) is 4.12. The van der Waals surface area contributed by atoms with Gasteiger partial charge in [-0.2, -0.15) is 0 Å². The molecule has 3 heterocycles. The Bertz CT molecular complexity index is 868. The molecular weight excluding hydrogens is 358 g/mol. The van der Waals surface area contributed by atoms with Crippen molar-refractivity contribution in [3.8, 4) is 5.75 Å². The smallest absolute Gasteiger partial charge is 0.247 e. The molecule has 0 spiro atoms. The summed E-state index contributed by atoms with van der Waals surface area (Å²) in [7, 11) is 1.61. The van der Waals surface area contributed by atoms with Gasteiger partial charge < -0.3 is 19.5 Å². The van der Waals surface area contributed by atoms with Crippen molar-refractivity contribution in [2.75, 3.05) is 25.5 Å². The number of likely N-dealkylation sites (tertiary alicyclic amines) is 1. The average molecular weight is 383 g/mol. The molecule has 0 aliphatic carbocycles.